The van der Waals surface area contributed by atoms with Gasteiger partial charge in [0.1, 0.15) is 11.1 Å². The largest absolute Gasteiger partial charge is 0.428 e. The molecule has 19 heavy (non-hydrogen) atoms. The van der Waals surface area contributed by atoms with Gasteiger partial charge in [0.15, 0.2) is 5.43 Å². The van der Waals surface area contributed by atoms with Gasteiger partial charge in [-0.3, -0.25) is 9.89 Å². The van der Waals surface area contributed by atoms with Crippen molar-refractivity contribution in [3.05, 3.63) is 56.6 Å². The van der Waals surface area contributed by atoms with E-state index in [2.05, 4.69) is 10.2 Å². The topological polar surface area (TPSA) is 80.9 Å². The minimum atomic E-state index is -0.615. The predicted molar refractivity (Wildman–Crippen MR) is 69.7 cm³/mol. The summed E-state index contributed by atoms with van der Waals surface area (Å²) in [7, 11) is 0. The van der Waals surface area contributed by atoms with Crippen molar-refractivity contribution in [3.63, 3.8) is 0 Å². The number of pyridine rings is 1. The van der Waals surface area contributed by atoms with Crippen LogP contribution in [0.5, 0.6) is 0 Å². The predicted octanol–water partition coefficient (Wildman–Crippen LogP) is 1.28. The second kappa shape index (κ2) is 3.94. The summed E-state index contributed by atoms with van der Waals surface area (Å²) in [5.41, 5.74) is 1.19. The monoisotopic (exact) mass is 257 g/mol. The van der Waals surface area contributed by atoms with Crippen LogP contribution in [0.3, 0.4) is 0 Å². The van der Waals surface area contributed by atoms with Crippen LogP contribution in [0.25, 0.3) is 16.6 Å². The standard InChI is InChI=1S/C13H11N3O3/c1-7-5-9-12(13(18)19-7)11(17)3-4-16(9)10-6-14-15-8(10)2/h3-6H,1-2H3,(H,14,15). The average Bonchev–Trinajstić information content (AvgIpc) is 2.75. The molecule has 6 heteroatoms. The molecule has 3 aromatic rings. The lowest BCUT2D eigenvalue weighted by Crippen LogP contribution is -2.16. The maximum atomic E-state index is 11.8. The molecule has 0 atom stereocenters. The Morgan fingerprint density at radius 1 is 1.32 bits per heavy atom. The zero-order valence-electron chi connectivity index (χ0n) is 10.4. The molecule has 0 amide bonds. The first kappa shape index (κ1) is 11.5. The summed E-state index contributed by atoms with van der Waals surface area (Å²) in [6.45, 7) is 3.54. The summed E-state index contributed by atoms with van der Waals surface area (Å²) in [6.07, 6.45) is 3.27. The fourth-order valence-corrected chi connectivity index (χ4v) is 2.12. The molecular weight excluding hydrogens is 246 g/mol. The van der Waals surface area contributed by atoms with Crippen LogP contribution >= 0.6 is 0 Å². The summed E-state index contributed by atoms with van der Waals surface area (Å²) in [4.78, 5) is 23.6. The van der Waals surface area contributed by atoms with Crippen LogP contribution in [0, 0.1) is 13.8 Å². The molecule has 0 aliphatic rings. The molecule has 0 radical (unpaired) electrons. The Kier molecular flexibility index (Phi) is 2.38. The molecule has 6 nitrogen and oxygen atoms in total. The number of fused-ring (bicyclic) bond motifs is 1. The van der Waals surface area contributed by atoms with Crippen molar-refractivity contribution in [3.8, 4) is 5.69 Å². The van der Waals surface area contributed by atoms with Gasteiger partial charge in [-0.2, -0.15) is 5.10 Å². The highest BCUT2D eigenvalue weighted by Crippen LogP contribution is 2.16. The van der Waals surface area contributed by atoms with Crippen molar-refractivity contribution < 1.29 is 4.42 Å². The second-order valence-corrected chi connectivity index (χ2v) is 4.33. The Balaban J connectivity index is 2.52. The molecule has 3 heterocycles. The Morgan fingerprint density at radius 3 is 2.79 bits per heavy atom. The van der Waals surface area contributed by atoms with Crippen LogP contribution in [-0.4, -0.2) is 14.8 Å². The first-order valence-electron chi connectivity index (χ1n) is 5.74. The van der Waals surface area contributed by atoms with Crippen LogP contribution in [0.1, 0.15) is 11.5 Å². The van der Waals surface area contributed by atoms with Crippen LogP contribution in [0.15, 0.2) is 38.5 Å². The van der Waals surface area contributed by atoms with Gasteiger partial charge in [-0.25, -0.2) is 4.79 Å². The third kappa shape index (κ3) is 1.69. The zero-order chi connectivity index (χ0) is 13.6. The van der Waals surface area contributed by atoms with E-state index in [4.69, 9.17) is 4.42 Å². The van der Waals surface area contributed by atoms with Crippen molar-refractivity contribution >= 4 is 10.9 Å². The lowest BCUT2D eigenvalue weighted by molar-refractivity contribution is 0.487. The summed E-state index contributed by atoms with van der Waals surface area (Å²) >= 11 is 0. The molecule has 0 bridgehead atoms. The van der Waals surface area contributed by atoms with Gasteiger partial charge in [0.25, 0.3) is 0 Å². The molecule has 3 rings (SSSR count). The lowest BCUT2D eigenvalue weighted by atomic mass is 10.2. The number of aryl methyl sites for hydroxylation is 2. The van der Waals surface area contributed by atoms with E-state index < -0.39 is 5.63 Å². The molecule has 1 N–H and O–H groups in total. The van der Waals surface area contributed by atoms with E-state index in [1.807, 2.05) is 6.92 Å². The maximum Gasteiger partial charge on any atom is 0.349 e. The van der Waals surface area contributed by atoms with E-state index in [0.717, 1.165) is 11.4 Å². The van der Waals surface area contributed by atoms with Crippen molar-refractivity contribution in [1.29, 1.82) is 0 Å². The molecule has 0 aliphatic carbocycles. The Morgan fingerprint density at radius 2 is 2.11 bits per heavy atom. The molecule has 3 aromatic heterocycles. The molecule has 0 unspecified atom stereocenters. The fraction of sp³-hybridized carbons (Fsp3) is 0.154. The molecular formula is C13H11N3O3. The third-order valence-corrected chi connectivity index (χ3v) is 3.00. The lowest BCUT2D eigenvalue weighted by Gasteiger charge is -2.09. The maximum absolute atomic E-state index is 11.8. The van der Waals surface area contributed by atoms with Crippen molar-refractivity contribution in [2.24, 2.45) is 0 Å². The first-order valence-corrected chi connectivity index (χ1v) is 5.74. The normalized spacial score (nSPS) is 11.1. The molecule has 0 aromatic carbocycles. The molecule has 0 spiro atoms. The highest BCUT2D eigenvalue weighted by molar-refractivity contribution is 5.79. The van der Waals surface area contributed by atoms with E-state index in [9.17, 15) is 9.59 Å². The highest BCUT2D eigenvalue weighted by Gasteiger charge is 2.12. The highest BCUT2D eigenvalue weighted by atomic mass is 16.4. The van der Waals surface area contributed by atoms with E-state index in [1.165, 1.54) is 6.07 Å². The van der Waals surface area contributed by atoms with Gasteiger partial charge in [0, 0.05) is 18.3 Å². The smallest absolute Gasteiger partial charge is 0.349 e. The number of rotatable bonds is 1. The minimum Gasteiger partial charge on any atom is -0.428 e. The number of hydrogen-bond acceptors (Lipinski definition) is 4. The molecule has 0 saturated heterocycles. The first-order chi connectivity index (χ1) is 9.08. The fourth-order valence-electron chi connectivity index (χ4n) is 2.12. The SMILES string of the molecule is Cc1cc2c(c(=O)ccn2-c2cn[nH]c2C)c(=O)o1. The number of nitrogens with zero attached hydrogens (tertiary/aromatic N) is 2. The van der Waals surface area contributed by atoms with Gasteiger partial charge >= 0.3 is 5.63 Å². The van der Waals surface area contributed by atoms with Crippen LogP contribution in [0.2, 0.25) is 0 Å². The van der Waals surface area contributed by atoms with Gasteiger partial charge in [-0.15, -0.1) is 0 Å². The molecule has 0 saturated carbocycles. The van der Waals surface area contributed by atoms with E-state index in [-0.39, 0.29) is 10.8 Å². The van der Waals surface area contributed by atoms with Gasteiger partial charge in [-0.05, 0) is 13.8 Å². The summed E-state index contributed by atoms with van der Waals surface area (Å²) in [5, 5.41) is 6.82. The van der Waals surface area contributed by atoms with Gasteiger partial charge < -0.3 is 8.98 Å². The van der Waals surface area contributed by atoms with E-state index in [0.29, 0.717) is 11.3 Å². The van der Waals surface area contributed by atoms with Crippen LogP contribution in [-0.2, 0) is 0 Å². The zero-order valence-corrected chi connectivity index (χ0v) is 10.4. The summed E-state index contributed by atoms with van der Waals surface area (Å²) in [5.74, 6) is 0.456. The molecule has 96 valence electrons. The molecule has 0 aliphatic heterocycles. The van der Waals surface area contributed by atoms with E-state index in [1.54, 1.807) is 30.0 Å². The summed E-state index contributed by atoms with van der Waals surface area (Å²) < 4.78 is 6.73. The molecule has 0 fully saturated rings. The third-order valence-electron chi connectivity index (χ3n) is 3.00. The number of aromatic amines is 1. The Labute approximate surface area is 107 Å². The second-order valence-electron chi connectivity index (χ2n) is 4.33. The Hall–Kier alpha value is -2.63. The van der Waals surface area contributed by atoms with Gasteiger partial charge in [-0.1, -0.05) is 0 Å². The van der Waals surface area contributed by atoms with E-state index >= 15 is 0 Å². The van der Waals surface area contributed by atoms with Gasteiger partial charge in [0.05, 0.1) is 23.1 Å². The average molecular weight is 257 g/mol. The Bertz CT molecular complexity index is 886. The van der Waals surface area contributed by atoms with Crippen molar-refractivity contribution in [2.75, 3.05) is 0 Å². The van der Waals surface area contributed by atoms with Gasteiger partial charge in [0.2, 0.25) is 0 Å². The number of aromatic nitrogens is 3. The van der Waals surface area contributed by atoms with Crippen LogP contribution < -0.4 is 11.1 Å². The number of hydrogen-bond donors (Lipinski definition) is 1. The number of H-pyrrole nitrogens is 1. The van der Waals surface area contributed by atoms with Crippen molar-refractivity contribution in [2.45, 2.75) is 13.8 Å². The number of nitrogens with one attached hydrogen (secondary N) is 1. The summed E-state index contributed by atoms with van der Waals surface area (Å²) in [6, 6.07) is 3.02. The van der Waals surface area contributed by atoms with Crippen molar-refractivity contribution in [1.82, 2.24) is 14.8 Å². The van der Waals surface area contributed by atoms with Crippen LogP contribution in [0.4, 0.5) is 0 Å². The minimum absolute atomic E-state index is 0.0497. The quantitative estimate of drug-likeness (QED) is 0.712.